The Hall–Kier alpha value is -2.61. The Balaban J connectivity index is 2.35. The van der Waals surface area contributed by atoms with Crippen molar-refractivity contribution in [3.63, 3.8) is 0 Å². The lowest BCUT2D eigenvalue weighted by Gasteiger charge is -2.22. The van der Waals surface area contributed by atoms with Gasteiger partial charge in [0.05, 0.1) is 13.2 Å². The molecule has 0 saturated heterocycles. The second-order valence-electron chi connectivity index (χ2n) is 4.75. The number of hydrogen-bond donors (Lipinski definition) is 3. The van der Waals surface area contributed by atoms with Gasteiger partial charge in [-0.2, -0.15) is 10.3 Å². The highest BCUT2D eigenvalue weighted by atomic mass is 16.5. The molecule has 0 spiro atoms. The first-order valence-corrected chi connectivity index (χ1v) is 7.39. The number of phenolic OH excluding ortho intramolecular Hbond substituents is 1. The molecule has 0 radical (unpaired) electrons. The molecule has 2 aromatic rings. The quantitative estimate of drug-likeness (QED) is 0.657. The molecule has 23 heavy (non-hydrogen) atoms. The smallest absolute Gasteiger partial charge is 0.361 e. The van der Waals surface area contributed by atoms with Crippen LogP contribution in [0.5, 0.6) is 5.75 Å². The molecule has 0 amide bonds. The number of nitrogens with one attached hydrogen (secondary N) is 1. The monoisotopic (exact) mass is 320 g/mol. The summed E-state index contributed by atoms with van der Waals surface area (Å²) in [6.07, 6.45) is 0. The van der Waals surface area contributed by atoms with E-state index in [-0.39, 0.29) is 30.4 Å². The Kier molecular flexibility index (Phi) is 5.53. The van der Waals surface area contributed by atoms with Crippen molar-refractivity contribution in [3.8, 4) is 17.0 Å². The molecule has 0 atom stereocenters. The number of carbonyl (C=O) groups is 1. The molecule has 1 heterocycles. The summed E-state index contributed by atoms with van der Waals surface area (Å²) >= 11 is 0. The Morgan fingerprint density at radius 3 is 2.74 bits per heavy atom. The highest BCUT2D eigenvalue weighted by molar-refractivity contribution is 5.94. The fourth-order valence-corrected chi connectivity index (χ4v) is 2.27. The molecule has 124 valence electrons. The second-order valence-corrected chi connectivity index (χ2v) is 4.75. The fourth-order valence-electron chi connectivity index (χ4n) is 2.27. The molecule has 0 aliphatic rings. The van der Waals surface area contributed by atoms with Crippen molar-refractivity contribution < 1.29 is 19.7 Å². The third-order valence-electron chi connectivity index (χ3n) is 3.37. The van der Waals surface area contributed by atoms with E-state index in [1.54, 1.807) is 25.1 Å². The first-order valence-electron chi connectivity index (χ1n) is 7.39. The Morgan fingerprint density at radius 1 is 1.35 bits per heavy atom. The first kappa shape index (κ1) is 16.8. The molecular weight excluding hydrogens is 300 g/mol. The van der Waals surface area contributed by atoms with Crippen molar-refractivity contribution >= 4 is 11.7 Å². The molecule has 1 aromatic carbocycles. The zero-order valence-corrected chi connectivity index (χ0v) is 13.1. The van der Waals surface area contributed by atoms with Crippen LogP contribution in [0.1, 0.15) is 24.3 Å². The van der Waals surface area contributed by atoms with Crippen LogP contribution < -0.4 is 4.90 Å². The molecule has 0 unspecified atom stereocenters. The van der Waals surface area contributed by atoms with Gasteiger partial charge in [0.15, 0.2) is 5.69 Å². The largest absolute Gasteiger partial charge is 0.507 e. The van der Waals surface area contributed by atoms with Crippen molar-refractivity contribution in [2.45, 2.75) is 13.8 Å². The molecular formula is C15H20N4O4. The minimum atomic E-state index is -0.602. The van der Waals surface area contributed by atoms with Crippen LogP contribution in [0, 0.1) is 0 Å². The molecule has 8 nitrogen and oxygen atoms in total. The first-order chi connectivity index (χ1) is 11.1. The van der Waals surface area contributed by atoms with E-state index in [0.29, 0.717) is 18.7 Å². The molecule has 1 aromatic heterocycles. The Morgan fingerprint density at radius 2 is 2.13 bits per heavy atom. The predicted octanol–water partition coefficient (Wildman–Crippen LogP) is 1.17. The van der Waals surface area contributed by atoms with E-state index in [0.717, 1.165) is 5.69 Å². The van der Waals surface area contributed by atoms with Crippen LogP contribution in [0.15, 0.2) is 18.2 Å². The molecule has 8 heteroatoms. The van der Waals surface area contributed by atoms with Gasteiger partial charge in [-0.25, -0.2) is 4.79 Å². The number of rotatable bonds is 7. The number of anilines is 1. The van der Waals surface area contributed by atoms with Crippen molar-refractivity contribution in [2.75, 3.05) is 31.2 Å². The molecule has 0 bridgehead atoms. The number of aromatic amines is 1. The van der Waals surface area contributed by atoms with Gasteiger partial charge < -0.3 is 19.8 Å². The van der Waals surface area contributed by atoms with Crippen LogP contribution in [0.3, 0.4) is 0 Å². The van der Waals surface area contributed by atoms with Crippen LogP contribution >= 0.6 is 0 Å². The number of likely N-dealkylation sites (N-methyl/N-ethyl adjacent to an activating group) is 1. The van der Waals surface area contributed by atoms with Crippen LogP contribution in [-0.4, -0.2) is 57.9 Å². The molecule has 3 N–H and O–H groups in total. The number of aromatic nitrogens is 3. The molecule has 0 aliphatic carbocycles. The maximum atomic E-state index is 11.9. The van der Waals surface area contributed by atoms with Gasteiger partial charge in [0.2, 0.25) is 0 Å². The lowest BCUT2D eigenvalue weighted by Crippen LogP contribution is -2.25. The summed E-state index contributed by atoms with van der Waals surface area (Å²) in [6.45, 7) is 5.06. The minimum absolute atomic E-state index is 0.0205. The van der Waals surface area contributed by atoms with E-state index in [9.17, 15) is 9.90 Å². The van der Waals surface area contributed by atoms with Gasteiger partial charge in [0.1, 0.15) is 11.4 Å². The number of phenols is 1. The summed E-state index contributed by atoms with van der Waals surface area (Å²) < 4.78 is 4.92. The topological polar surface area (TPSA) is 112 Å². The second kappa shape index (κ2) is 7.59. The number of aliphatic hydroxyl groups excluding tert-OH is 1. The number of H-pyrrole nitrogens is 1. The fraction of sp³-hybridized carbons (Fsp3) is 0.400. The van der Waals surface area contributed by atoms with E-state index < -0.39 is 5.97 Å². The van der Waals surface area contributed by atoms with E-state index in [2.05, 4.69) is 15.4 Å². The Bertz CT molecular complexity index is 671. The summed E-state index contributed by atoms with van der Waals surface area (Å²) in [5.41, 5.74) is 1.41. The van der Waals surface area contributed by atoms with E-state index in [1.807, 2.05) is 11.8 Å². The van der Waals surface area contributed by atoms with E-state index in [1.165, 1.54) is 0 Å². The third-order valence-corrected chi connectivity index (χ3v) is 3.37. The number of carbonyl (C=O) groups excluding carboxylic acids is 1. The van der Waals surface area contributed by atoms with Crippen molar-refractivity contribution in [1.29, 1.82) is 0 Å². The van der Waals surface area contributed by atoms with Crippen LogP contribution in [0.25, 0.3) is 11.3 Å². The van der Waals surface area contributed by atoms with E-state index >= 15 is 0 Å². The predicted molar refractivity (Wildman–Crippen MR) is 84.4 cm³/mol. The van der Waals surface area contributed by atoms with Gasteiger partial charge in [-0.3, -0.25) is 0 Å². The van der Waals surface area contributed by atoms with Gasteiger partial charge in [-0.1, -0.05) is 0 Å². The average molecular weight is 320 g/mol. The lowest BCUT2D eigenvalue weighted by molar-refractivity contribution is 0.0520. The number of ether oxygens (including phenoxy) is 1. The molecule has 2 rings (SSSR count). The number of benzene rings is 1. The highest BCUT2D eigenvalue weighted by Gasteiger charge is 2.21. The number of aromatic hydroxyl groups is 1. The average Bonchev–Trinajstić information content (AvgIpc) is 3.02. The zero-order valence-electron chi connectivity index (χ0n) is 13.1. The van der Waals surface area contributed by atoms with E-state index in [4.69, 9.17) is 9.84 Å². The summed E-state index contributed by atoms with van der Waals surface area (Å²) in [4.78, 5) is 13.8. The number of hydrogen-bond acceptors (Lipinski definition) is 7. The van der Waals surface area contributed by atoms with Gasteiger partial charge in [0.25, 0.3) is 0 Å². The summed E-state index contributed by atoms with van der Waals surface area (Å²) in [5.74, 6) is -0.631. The number of aliphatic hydroxyl groups is 1. The van der Waals surface area contributed by atoms with Gasteiger partial charge in [0, 0.05) is 30.4 Å². The van der Waals surface area contributed by atoms with Gasteiger partial charge in [-0.05, 0) is 26.0 Å². The summed E-state index contributed by atoms with van der Waals surface area (Å²) in [5, 5.41) is 29.5. The zero-order chi connectivity index (χ0) is 16.8. The lowest BCUT2D eigenvalue weighted by atomic mass is 10.1. The molecule has 0 fully saturated rings. The highest BCUT2D eigenvalue weighted by Crippen LogP contribution is 2.33. The maximum Gasteiger partial charge on any atom is 0.361 e. The summed E-state index contributed by atoms with van der Waals surface area (Å²) in [6, 6.07) is 5.02. The molecule has 0 aliphatic heterocycles. The minimum Gasteiger partial charge on any atom is -0.507 e. The standard InChI is InChI=1S/C15H20N4O4/c1-3-19(7-8-20)10-5-6-11(12(21)9-10)13-14(17-18-16-13)15(22)23-4-2/h5-6,9,20-21H,3-4,7-8H2,1-2H3,(H,16,17,18). The van der Waals surface area contributed by atoms with Crippen LogP contribution in [0.4, 0.5) is 5.69 Å². The Labute approximate surface area is 133 Å². The maximum absolute atomic E-state index is 11.9. The number of nitrogens with zero attached hydrogens (tertiary/aromatic N) is 3. The normalized spacial score (nSPS) is 10.6. The summed E-state index contributed by atoms with van der Waals surface area (Å²) in [7, 11) is 0. The van der Waals surface area contributed by atoms with Gasteiger partial charge in [-0.15, -0.1) is 5.10 Å². The molecule has 0 saturated carbocycles. The van der Waals surface area contributed by atoms with Gasteiger partial charge >= 0.3 is 5.97 Å². The van der Waals surface area contributed by atoms with Crippen LogP contribution in [-0.2, 0) is 4.74 Å². The van der Waals surface area contributed by atoms with Crippen molar-refractivity contribution in [2.24, 2.45) is 0 Å². The van der Waals surface area contributed by atoms with Crippen LogP contribution in [0.2, 0.25) is 0 Å². The van der Waals surface area contributed by atoms with Crippen molar-refractivity contribution in [1.82, 2.24) is 15.4 Å². The SMILES string of the molecule is CCOC(=O)c1n[nH]nc1-c1ccc(N(CC)CCO)cc1O. The van der Waals surface area contributed by atoms with Crippen molar-refractivity contribution in [3.05, 3.63) is 23.9 Å². The number of esters is 1. The third kappa shape index (κ3) is 3.59.